The lowest BCUT2D eigenvalue weighted by molar-refractivity contribution is -0.123. The molecule has 5 nitrogen and oxygen atoms in total. The number of halogens is 1. The first-order valence-corrected chi connectivity index (χ1v) is 10.7. The number of likely N-dealkylation sites (tertiary alicyclic amines) is 1. The summed E-state index contributed by atoms with van der Waals surface area (Å²) in [4.78, 5) is 27.1. The minimum atomic E-state index is -0.0422. The van der Waals surface area contributed by atoms with Gasteiger partial charge in [0.05, 0.1) is 6.04 Å². The SMILES string of the molecule is Cl.O=C(NCC1CCCN(C(=O)c2ccc(-c3ccccc3)cc2)C1)C1CCCN1. The van der Waals surface area contributed by atoms with Crippen molar-refractivity contribution < 1.29 is 9.59 Å². The van der Waals surface area contributed by atoms with E-state index in [1.165, 1.54) is 0 Å². The second kappa shape index (κ2) is 10.6. The van der Waals surface area contributed by atoms with Crippen molar-refractivity contribution in [2.75, 3.05) is 26.2 Å². The molecule has 0 saturated carbocycles. The third kappa shape index (κ3) is 5.41. The van der Waals surface area contributed by atoms with E-state index in [1.807, 2.05) is 47.4 Å². The van der Waals surface area contributed by atoms with Crippen LogP contribution in [0.2, 0.25) is 0 Å². The van der Waals surface area contributed by atoms with Crippen molar-refractivity contribution >= 4 is 24.2 Å². The third-order valence-corrected chi connectivity index (χ3v) is 5.99. The van der Waals surface area contributed by atoms with E-state index < -0.39 is 0 Å². The zero-order chi connectivity index (χ0) is 20.1. The highest BCUT2D eigenvalue weighted by atomic mass is 35.5. The van der Waals surface area contributed by atoms with Crippen molar-refractivity contribution in [1.82, 2.24) is 15.5 Å². The van der Waals surface area contributed by atoms with Gasteiger partial charge in [-0.15, -0.1) is 12.4 Å². The Morgan fingerprint density at radius 2 is 1.70 bits per heavy atom. The van der Waals surface area contributed by atoms with Gasteiger partial charge in [0, 0.05) is 25.2 Å². The fraction of sp³-hybridized carbons (Fsp3) is 0.417. The van der Waals surface area contributed by atoms with E-state index in [-0.39, 0.29) is 30.3 Å². The summed E-state index contributed by atoms with van der Waals surface area (Å²) in [6, 6.07) is 18.0. The van der Waals surface area contributed by atoms with E-state index in [1.54, 1.807) is 0 Å². The van der Waals surface area contributed by atoms with Gasteiger partial charge >= 0.3 is 0 Å². The second-order valence-electron chi connectivity index (χ2n) is 8.10. The van der Waals surface area contributed by atoms with Gasteiger partial charge in [-0.1, -0.05) is 42.5 Å². The first-order chi connectivity index (χ1) is 14.2. The van der Waals surface area contributed by atoms with E-state index in [0.29, 0.717) is 19.0 Å². The molecule has 2 aromatic rings. The molecular weight excluding hydrogens is 398 g/mol. The average Bonchev–Trinajstić information content (AvgIpc) is 3.33. The van der Waals surface area contributed by atoms with Crippen LogP contribution >= 0.6 is 12.4 Å². The van der Waals surface area contributed by atoms with Gasteiger partial charge in [-0.3, -0.25) is 9.59 Å². The minimum Gasteiger partial charge on any atom is -0.354 e. The average molecular weight is 428 g/mol. The molecule has 2 N–H and O–H groups in total. The van der Waals surface area contributed by atoms with E-state index >= 15 is 0 Å². The summed E-state index contributed by atoms with van der Waals surface area (Å²) in [5.74, 6) is 0.502. The molecule has 0 aliphatic carbocycles. The highest BCUT2D eigenvalue weighted by molar-refractivity contribution is 5.94. The summed E-state index contributed by atoms with van der Waals surface area (Å²) in [5.41, 5.74) is 2.99. The van der Waals surface area contributed by atoms with Crippen LogP contribution in [0.3, 0.4) is 0 Å². The van der Waals surface area contributed by atoms with E-state index in [4.69, 9.17) is 0 Å². The standard InChI is InChI=1S/C24H29N3O2.ClH/c28-23(22-9-4-14-25-22)26-16-18-6-5-15-27(17-18)24(29)21-12-10-20(11-13-21)19-7-2-1-3-8-19;/h1-3,7-8,10-13,18,22,25H,4-6,9,14-17H2,(H,26,28);1H. The number of nitrogens with zero attached hydrogens (tertiary/aromatic N) is 1. The summed E-state index contributed by atoms with van der Waals surface area (Å²) in [6.07, 6.45) is 4.01. The zero-order valence-electron chi connectivity index (χ0n) is 17.2. The lowest BCUT2D eigenvalue weighted by Gasteiger charge is -2.33. The molecule has 2 aromatic carbocycles. The molecule has 0 aromatic heterocycles. The van der Waals surface area contributed by atoms with Gasteiger partial charge in [0.25, 0.3) is 5.91 Å². The first kappa shape index (κ1) is 22.3. The Bertz CT molecular complexity index is 835. The largest absolute Gasteiger partial charge is 0.354 e. The molecule has 2 heterocycles. The third-order valence-electron chi connectivity index (χ3n) is 5.99. The van der Waals surface area contributed by atoms with E-state index in [9.17, 15) is 9.59 Å². The lowest BCUT2D eigenvalue weighted by atomic mass is 9.96. The topological polar surface area (TPSA) is 61.4 Å². The summed E-state index contributed by atoms with van der Waals surface area (Å²) < 4.78 is 0. The van der Waals surface area contributed by atoms with Crippen LogP contribution in [0.25, 0.3) is 11.1 Å². The van der Waals surface area contributed by atoms with Crippen molar-refractivity contribution in [1.29, 1.82) is 0 Å². The molecule has 2 aliphatic rings. The van der Waals surface area contributed by atoms with E-state index in [2.05, 4.69) is 22.8 Å². The summed E-state index contributed by atoms with van der Waals surface area (Å²) >= 11 is 0. The van der Waals surface area contributed by atoms with Crippen LogP contribution in [0.1, 0.15) is 36.0 Å². The maximum atomic E-state index is 13.0. The van der Waals surface area contributed by atoms with Crippen molar-refractivity contribution in [2.45, 2.75) is 31.7 Å². The van der Waals surface area contributed by atoms with Crippen LogP contribution in [0.5, 0.6) is 0 Å². The van der Waals surface area contributed by atoms with Crippen LogP contribution in [-0.2, 0) is 4.79 Å². The number of nitrogens with one attached hydrogen (secondary N) is 2. The van der Waals surface area contributed by atoms with Crippen molar-refractivity contribution in [3.8, 4) is 11.1 Å². The Labute approximate surface area is 184 Å². The molecule has 2 atom stereocenters. The van der Waals surface area contributed by atoms with Gasteiger partial charge in [0.15, 0.2) is 0 Å². The highest BCUT2D eigenvalue weighted by Gasteiger charge is 2.26. The zero-order valence-corrected chi connectivity index (χ0v) is 18.0. The maximum absolute atomic E-state index is 13.0. The molecule has 160 valence electrons. The quantitative estimate of drug-likeness (QED) is 0.767. The van der Waals surface area contributed by atoms with Crippen molar-refractivity contribution in [3.05, 3.63) is 60.2 Å². The maximum Gasteiger partial charge on any atom is 0.253 e. The molecule has 2 fully saturated rings. The smallest absolute Gasteiger partial charge is 0.253 e. The van der Waals surface area contributed by atoms with Gasteiger partial charge in [-0.05, 0) is 61.4 Å². The Balaban J connectivity index is 0.00000256. The summed E-state index contributed by atoms with van der Waals surface area (Å²) in [5, 5.41) is 6.31. The number of carbonyl (C=O) groups is 2. The Hall–Kier alpha value is -2.37. The van der Waals surface area contributed by atoms with Gasteiger partial charge in [0.2, 0.25) is 5.91 Å². The molecule has 4 rings (SSSR count). The predicted molar refractivity (Wildman–Crippen MR) is 122 cm³/mol. The molecule has 0 radical (unpaired) electrons. The van der Waals surface area contributed by atoms with Crippen molar-refractivity contribution in [3.63, 3.8) is 0 Å². The van der Waals surface area contributed by atoms with Crippen LogP contribution in [-0.4, -0.2) is 48.9 Å². The first-order valence-electron chi connectivity index (χ1n) is 10.7. The van der Waals surface area contributed by atoms with Crippen LogP contribution in [0.4, 0.5) is 0 Å². The van der Waals surface area contributed by atoms with Crippen molar-refractivity contribution in [2.24, 2.45) is 5.92 Å². The minimum absolute atomic E-state index is 0. The number of hydrogen-bond acceptors (Lipinski definition) is 3. The van der Waals surface area contributed by atoms with Crippen LogP contribution in [0, 0.1) is 5.92 Å². The molecular formula is C24H30ClN3O2. The van der Waals surface area contributed by atoms with Gasteiger partial charge in [-0.25, -0.2) is 0 Å². The fourth-order valence-corrected chi connectivity index (χ4v) is 4.31. The molecule has 2 aliphatic heterocycles. The molecule has 2 amide bonds. The lowest BCUT2D eigenvalue weighted by Crippen LogP contribution is -2.46. The number of carbonyl (C=O) groups excluding carboxylic acids is 2. The number of amides is 2. The summed E-state index contributed by atoms with van der Waals surface area (Å²) in [7, 11) is 0. The molecule has 2 unspecified atom stereocenters. The monoisotopic (exact) mass is 427 g/mol. The molecule has 6 heteroatoms. The molecule has 2 saturated heterocycles. The number of benzene rings is 2. The van der Waals surface area contributed by atoms with E-state index in [0.717, 1.165) is 55.5 Å². The molecule has 0 spiro atoms. The van der Waals surface area contributed by atoms with Crippen LogP contribution in [0.15, 0.2) is 54.6 Å². The Morgan fingerprint density at radius 1 is 0.967 bits per heavy atom. The fourth-order valence-electron chi connectivity index (χ4n) is 4.31. The van der Waals surface area contributed by atoms with Gasteiger partial charge < -0.3 is 15.5 Å². The summed E-state index contributed by atoms with van der Waals surface area (Å²) in [6.45, 7) is 3.06. The van der Waals surface area contributed by atoms with Crippen LogP contribution < -0.4 is 10.6 Å². The highest BCUT2D eigenvalue weighted by Crippen LogP contribution is 2.22. The Kier molecular flexibility index (Phi) is 7.88. The number of hydrogen-bond donors (Lipinski definition) is 2. The second-order valence-corrected chi connectivity index (χ2v) is 8.10. The predicted octanol–water partition coefficient (Wildman–Crippen LogP) is 3.50. The number of rotatable bonds is 5. The Morgan fingerprint density at radius 3 is 2.40 bits per heavy atom. The van der Waals surface area contributed by atoms with Gasteiger partial charge in [-0.2, -0.15) is 0 Å². The molecule has 0 bridgehead atoms. The van der Waals surface area contributed by atoms with Gasteiger partial charge in [0.1, 0.15) is 0 Å². The molecule has 30 heavy (non-hydrogen) atoms. The number of piperidine rings is 1. The normalized spacial score (nSPS) is 21.0.